The zero-order valence-electron chi connectivity index (χ0n) is 6.51. The van der Waals surface area contributed by atoms with E-state index in [0.717, 1.165) is 13.1 Å². The molecule has 0 saturated carbocycles. The molecule has 1 saturated heterocycles. The van der Waals surface area contributed by atoms with Crippen molar-refractivity contribution in [2.24, 2.45) is 5.73 Å². The van der Waals surface area contributed by atoms with Crippen LogP contribution in [0.2, 0.25) is 0 Å². The van der Waals surface area contributed by atoms with Crippen molar-refractivity contribution >= 4 is 0 Å². The Morgan fingerprint density at radius 1 is 1.55 bits per heavy atom. The van der Waals surface area contributed by atoms with Gasteiger partial charge in [-0.25, -0.2) is 0 Å². The van der Waals surface area contributed by atoms with Gasteiger partial charge in [-0.2, -0.15) is 5.48 Å². The number of nitrogens with two attached hydrogens (primary N) is 1. The van der Waals surface area contributed by atoms with Crippen molar-refractivity contribution < 1.29 is 9.57 Å². The minimum Gasteiger partial charge on any atom is -0.357 e. The molecule has 0 spiro atoms. The average Bonchev–Trinajstić information content (AvgIpc) is 2.07. The zero-order valence-corrected chi connectivity index (χ0v) is 6.51. The summed E-state index contributed by atoms with van der Waals surface area (Å²) >= 11 is 0. The van der Waals surface area contributed by atoms with Gasteiger partial charge in [-0.3, -0.25) is 4.84 Å². The molecular weight excluding hydrogens is 146 g/mol. The average molecular weight is 161 g/mol. The number of nitrogens with one attached hydrogen (secondary N) is 2. The highest BCUT2D eigenvalue weighted by molar-refractivity contribution is 4.57. The first kappa shape index (κ1) is 8.89. The van der Waals surface area contributed by atoms with Crippen molar-refractivity contribution in [1.82, 2.24) is 10.8 Å². The van der Waals surface area contributed by atoms with Gasteiger partial charge in [0.1, 0.15) is 6.23 Å². The van der Waals surface area contributed by atoms with Crippen LogP contribution in [0.15, 0.2) is 0 Å². The second-order valence-electron chi connectivity index (χ2n) is 2.32. The number of hydrogen-bond donors (Lipinski definition) is 3. The maximum atomic E-state index is 5.29. The van der Waals surface area contributed by atoms with Crippen molar-refractivity contribution in [3.8, 4) is 0 Å². The Labute approximate surface area is 66.2 Å². The summed E-state index contributed by atoms with van der Waals surface area (Å²) in [6.45, 7) is 3.46. The standard InChI is InChI=1S/C6H15N3O2/c7-1-2-8-5-6-9-11-4-3-10-6/h6,8-9H,1-5,7H2. The van der Waals surface area contributed by atoms with E-state index in [0.29, 0.717) is 19.8 Å². The van der Waals surface area contributed by atoms with Crippen LogP contribution < -0.4 is 16.5 Å². The predicted molar refractivity (Wildman–Crippen MR) is 40.8 cm³/mol. The molecule has 66 valence electrons. The van der Waals surface area contributed by atoms with Crippen molar-refractivity contribution in [3.05, 3.63) is 0 Å². The lowest BCUT2D eigenvalue weighted by Gasteiger charge is -2.23. The van der Waals surface area contributed by atoms with Crippen molar-refractivity contribution in [2.45, 2.75) is 6.23 Å². The van der Waals surface area contributed by atoms with Crippen LogP contribution in [-0.4, -0.2) is 39.1 Å². The highest BCUT2D eigenvalue weighted by Gasteiger charge is 2.11. The summed E-state index contributed by atoms with van der Waals surface area (Å²) in [4.78, 5) is 4.97. The molecule has 1 heterocycles. The summed E-state index contributed by atoms with van der Waals surface area (Å²) in [7, 11) is 0. The van der Waals surface area contributed by atoms with Gasteiger partial charge in [-0.1, -0.05) is 0 Å². The summed E-state index contributed by atoms with van der Waals surface area (Å²) in [6.07, 6.45) is -0.0321. The molecule has 1 aliphatic heterocycles. The van der Waals surface area contributed by atoms with E-state index in [1.165, 1.54) is 0 Å². The van der Waals surface area contributed by atoms with E-state index in [-0.39, 0.29) is 6.23 Å². The lowest BCUT2D eigenvalue weighted by atomic mass is 10.5. The summed E-state index contributed by atoms with van der Waals surface area (Å²) in [6, 6.07) is 0. The first-order valence-corrected chi connectivity index (χ1v) is 3.83. The molecule has 0 aromatic heterocycles. The summed E-state index contributed by atoms with van der Waals surface area (Å²) in [5.74, 6) is 0. The van der Waals surface area contributed by atoms with Gasteiger partial charge in [-0.05, 0) is 0 Å². The largest absolute Gasteiger partial charge is 0.357 e. The third-order valence-corrected chi connectivity index (χ3v) is 1.37. The van der Waals surface area contributed by atoms with E-state index in [2.05, 4.69) is 10.8 Å². The van der Waals surface area contributed by atoms with Crippen molar-refractivity contribution in [1.29, 1.82) is 0 Å². The molecule has 5 nitrogen and oxygen atoms in total. The molecule has 0 aromatic carbocycles. The lowest BCUT2D eigenvalue weighted by Crippen LogP contribution is -2.46. The molecule has 1 fully saturated rings. The molecule has 1 unspecified atom stereocenters. The summed E-state index contributed by atoms with van der Waals surface area (Å²) in [5.41, 5.74) is 8.04. The number of hydroxylamine groups is 1. The molecule has 0 aliphatic carbocycles. The highest BCUT2D eigenvalue weighted by Crippen LogP contribution is 1.91. The topological polar surface area (TPSA) is 68.5 Å². The Morgan fingerprint density at radius 2 is 2.45 bits per heavy atom. The minimum absolute atomic E-state index is 0.0321. The number of ether oxygens (including phenoxy) is 1. The van der Waals surface area contributed by atoms with Crippen LogP contribution in [0.3, 0.4) is 0 Å². The summed E-state index contributed by atoms with van der Waals surface area (Å²) in [5, 5.41) is 3.11. The molecule has 5 heteroatoms. The molecule has 0 amide bonds. The Hall–Kier alpha value is -0.200. The van der Waals surface area contributed by atoms with E-state index in [1.807, 2.05) is 0 Å². The van der Waals surface area contributed by atoms with E-state index in [4.69, 9.17) is 15.3 Å². The van der Waals surface area contributed by atoms with Gasteiger partial charge in [0.25, 0.3) is 0 Å². The Balaban J connectivity index is 1.96. The predicted octanol–water partition coefficient (Wildman–Crippen LogP) is -1.59. The lowest BCUT2D eigenvalue weighted by molar-refractivity contribution is -0.154. The Morgan fingerprint density at radius 3 is 3.09 bits per heavy atom. The van der Waals surface area contributed by atoms with Gasteiger partial charge in [0, 0.05) is 19.6 Å². The van der Waals surface area contributed by atoms with Gasteiger partial charge in [0.15, 0.2) is 0 Å². The van der Waals surface area contributed by atoms with Gasteiger partial charge in [-0.15, -0.1) is 0 Å². The molecule has 0 bridgehead atoms. The number of hydrogen-bond acceptors (Lipinski definition) is 5. The van der Waals surface area contributed by atoms with Crippen molar-refractivity contribution in [3.63, 3.8) is 0 Å². The van der Waals surface area contributed by atoms with E-state index < -0.39 is 0 Å². The first-order chi connectivity index (χ1) is 5.43. The molecule has 0 radical (unpaired) electrons. The smallest absolute Gasteiger partial charge is 0.142 e. The fourth-order valence-electron chi connectivity index (χ4n) is 0.854. The second-order valence-corrected chi connectivity index (χ2v) is 2.32. The maximum absolute atomic E-state index is 5.29. The van der Waals surface area contributed by atoms with Crippen LogP contribution in [0, 0.1) is 0 Å². The van der Waals surface area contributed by atoms with E-state index >= 15 is 0 Å². The van der Waals surface area contributed by atoms with Crippen LogP contribution >= 0.6 is 0 Å². The SMILES string of the molecule is NCCNCC1NOCCO1. The summed E-state index contributed by atoms with van der Waals surface area (Å²) < 4.78 is 5.29. The fraction of sp³-hybridized carbons (Fsp3) is 1.00. The number of rotatable bonds is 4. The molecule has 1 aliphatic rings. The monoisotopic (exact) mass is 161 g/mol. The molecule has 4 N–H and O–H groups in total. The van der Waals surface area contributed by atoms with Gasteiger partial charge in [0.2, 0.25) is 0 Å². The third kappa shape index (κ3) is 3.64. The Kier molecular flexibility index (Phi) is 4.41. The minimum atomic E-state index is -0.0321. The van der Waals surface area contributed by atoms with Gasteiger partial charge < -0.3 is 15.8 Å². The molecular formula is C6H15N3O2. The van der Waals surface area contributed by atoms with Gasteiger partial charge in [0.05, 0.1) is 13.2 Å². The second kappa shape index (κ2) is 5.45. The molecule has 1 atom stereocenters. The fourth-order valence-corrected chi connectivity index (χ4v) is 0.854. The van der Waals surface area contributed by atoms with Crippen LogP contribution in [-0.2, 0) is 9.57 Å². The van der Waals surface area contributed by atoms with Crippen LogP contribution in [0.25, 0.3) is 0 Å². The van der Waals surface area contributed by atoms with E-state index in [9.17, 15) is 0 Å². The molecule has 11 heavy (non-hydrogen) atoms. The molecule has 0 aromatic rings. The van der Waals surface area contributed by atoms with Crippen LogP contribution in [0.4, 0.5) is 0 Å². The Bertz CT molecular complexity index is 95.8. The highest BCUT2D eigenvalue weighted by atomic mass is 16.7. The normalized spacial score (nSPS) is 25.4. The van der Waals surface area contributed by atoms with Crippen LogP contribution in [0.5, 0.6) is 0 Å². The third-order valence-electron chi connectivity index (χ3n) is 1.37. The molecule has 1 rings (SSSR count). The van der Waals surface area contributed by atoms with Gasteiger partial charge >= 0.3 is 0 Å². The van der Waals surface area contributed by atoms with Crippen LogP contribution in [0.1, 0.15) is 0 Å². The van der Waals surface area contributed by atoms with E-state index in [1.54, 1.807) is 0 Å². The first-order valence-electron chi connectivity index (χ1n) is 3.83. The maximum Gasteiger partial charge on any atom is 0.142 e. The zero-order chi connectivity index (χ0) is 7.94. The quantitative estimate of drug-likeness (QED) is 0.434. The van der Waals surface area contributed by atoms with Crippen molar-refractivity contribution in [2.75, 3.05) is 32.8 Å².